The van der Waals surface area contributed by atoms with E-state index in [9.17, 15) is 0 Å². The maximum Gasteiger partial charge on any atom is 0.236 e. The van der Waals surface area contributed by atoms with Crippen LogP contribution in [0.1, 0.15) is 12.7 Å². The highest BCUT2D eigenvalue weighted by molar-refractivity contribution is 7.71. The van der Waals surface area contributed by atoms with Crippen molar-refractivity contribution in [3.8, 4) is 0 Å². The van der Waals surface area contributed by atoms with E-state index in [1.54, 1.807) is 0 Å². The molecule has 0 aliphatic heterocycles. The van der Waals surface area contributed by atoms with Crippen LogP contribution in [0.2, 0.25) is 0 Å². The Morgan fingerprint density at radius 2 is 2.56 bits per heavy atom. The number of rotatable bonds is 1. The van der Waals surface area contributed by atoms with E-state index in [4.69, 9.17) is 18.1 Å². The number of nitrogens with zero attached hydrogens (tertiary/aromatic N) is 2. The number of H-pyrrole nitrogens is 1. The van der Waals surface area contributed by atoms with Crippen LogP contribution in [0, 0.1) is 4.77 Å². The second kappa shape index (κ2) is 2.18. The Hall–Kier alpha value is -0.840. The van der Waals surface area contributed by atoms with Gasteiger partial charge < -0.3 is 5.84 Å². The summed E-state index contributed by atoms with van der Waals surface area (Å²) in [4.78, 5) is 5.16. The summed E-state index contributed by atoms with van der Waals surface area (Å²) in [6.45, 7) is 1.98. The van der Waals surface area contributed by atoms with E-state index in [1.165, 1.54) is 4.79 Å². The minimum atomic E-state index is 0.395. The van der Waals surface area contributed by atoms with Crippen LogP contribution in [-0.4, -0.2) is 14.9 Å². The highest BCUT2D eigenvalue weighted by Gasteiger charge is 1.93. The fraction of sp³-hybridized carbons (Fsp3) is 0.500. The van der Waals surface area contributed by atoms with Crippen molar-refractivity contribution in [2.75, 3.05) is 5.84 Å². The van der Waals surface area contributed by atoms with Gasteiger partial charge >= 0.3 is 0 Å². The average molecular weight is 144 g/mol. The maximum absolute atomic E-state index is 5.31. The summed E-state index contributed by atoms with van der Waals surface area (Å²) in [5, 5.41) is 2.77. The Morgan fingerprint density at radius 1 is 1.89 bits per heavy atom. The average Bonchev–Trinajstić information content (AvgIpc) is 2.13. The summed E-state index contributed by atoms with van der Waals surface area (Å²) < 4.78 is 0.395. The lowest BCUT2D eigenvalue weighted by molar-refractivity contribution is 0.792. The second-order valence-electron chi connectivity index (χ2n) is 1.68. The van der Waals surface area contributed by atoms with E-state index in [2.05, 4.69) is 10.1 Å². The van der Waals surface area contributed by atoms with Gasteiger partial charge in [0.05, 0.1) is 0 Å². The van der Waals surface area contributed by atoms with Crippen molar-refractivity contribution in [1.29, 1.82) is 0 Å². The number of aryl methyl sites for hydroxylation is 1. The van der Waals surface area contributed by atoms with Crippen molar-refractivity contribution in [1.82, 2.24) is 14.9 Å². The van der Waals surface area contributed by atoms with Crippen molar-refractivity contribution < 1.29 is 0 Å². The Bertz CT molecular complexity index is 247. The van der Waals surface area contributed by atoms with Crippen molar-refractivity contribution in [2.24, 2.45) is 0 Å². The quantitative estimate of drug-likeness (QED) is 0.438. The molecule has 0 amide bonds. The summed E-state index contributed by atoms with van der Waals surface area (Å²) in [5.74, 6) is 6.13. The van der Waals surface area contributed by atoms with E-state index < -0.39 is 0 Å². The number of hydrogen-bond acceptors (Lipinski definition) is 3. The fourth-order valence-electron chi connectivity index (χ4n) is 0.539. The summed E-state index contributed by atoms with van der Waals surface area (Å²) in [7, 11) is 0. The SMILES string of the molecule is CCc1nc(=S)n(N)[nH]1. The van der Waals surface area contributed by atoms with Crippen molar-refractivity contribution in [3.63, 3.8) is 0 Å². The summed E-state index contributed by atoms with van der Waals surface area (Å²) in [6.07, 6.45) is 0.827. The molecule has 0 unspecified atom stereocenters. The number of nitrogens with two attached hydrogens (primary N) is 1. The van der Waals surface area contributed by atoms with Crippen LogP contribution in [-0.2, 0) is 6.42 Å². The van der Waals surface area contributed by atoms with Gasteiger partial charge in [-0.05, 0) is 12.2 Å². The zero-order valence-corrected chi connectivity index (χ0v) is 5.90. The second-order valence-corrected chi connectivity index (χ2v) is 2.04. The molecule has 0 fully saturated rings. The first-order chi connectivity index (χ1) is 4.24. The molecule has 1 rings (SSSR count). The maximum atomic E-state index is 5.31. The number of nitrogens with one attached hydrogen (secondary N) is 1. The van der Waals surface area contributed by atoms with Gasteiger partial charge in [-0.3, -0.25) is 5.10 Å². The molecule has 9 heavy (non-hydrogen) atoms. The first kappa shape index (κ1) is 6.28. The van der Waals surface area contributed by atoms with E-state index in [1.807, 2.05) is 6.92 Å². The van der Waals surface area contributed by atoms with Gasteiger partial charge in [-0.25, -0.2) is 4.98 Å². The lowest BCUT2D eigenvalue weighted by Crippen LogP contribution is -2.09. The molecule has 0 saturated carbocycles. The highest BCUT2D eigenvalue weighted by Crippen LogP contribution is 1.88. The molecule has 1 aromatic heterocycles. The molecule has 1 aromatic rings. The topological polar surface area (TPSA) is 59.6 Å². The van der Waals surface area contributed by atoms with Crippen molar-refractivity contribution in [2.45, 2.75) is 13.3 Å². The number of aromatic nitrogens is 3. The Kier molecular flexibility index (Phi) is 1.52. The van der Waals surface area contributed by atoms with Crippen LogP contribution in [0.25, 0.3) is 0 Å². The number of hydrogen-bond donors (Lipinski definition) is 2. The Morgan fingerprint density at radius 3 is 2.78 bits per heavy atom. The van der Waals surface area contributed by atoms with Gasteiger partial charge in [-0.1, -0.05) is 6.92 Å². The van der Waals surface area contributed by atoms with E-state index in [0.29, 0.717) is 4.77 Å². The predicted molar refractivity (Wildman–Crippen MR) is 36.9 cm³/mol. The van der Waals surface area contributed by atoms with Crippen LogP contribution in [0.15, 0.2) is 0 Å². The third kappa shape index (κ3) is 1.10. The molecular weight excluding hydrogens is 136 g/mol. The van der Waals surface area contributed by atoms with Gasteiger partial charge in [0, 0.05) is 6.42 Å². The third-order valence-electron chi connectivity index (χ3n) is 1.02. The van der Waals surface area contributed by atoms with Crippen LogP contribution in [0.3, 0.4) is 0 Å². The van der Waals surface area contributed by atoms with E-state index >= 15 is 0 Å². The van der Waals surface area contributed by atoms with Gasteiger partial charge in [0.1, 0.15) is 5.82 Å². The molecule has 0 atom stereocenters. The largest absolute Gasteiger partial charge is 0.322 e. The molecular formula is C4H8N4S. The van der Waals surface area contributed by atoms with E-state index in [-0.39, 0.29) is 0 Å². The first-order valence-electron chi connectivity index (χ1n) is 2.67. The van der Waals surface area contributed by atoms with Gasteiger partial charge in [0.15, 0.2) is 0 Å². The van der Waals surface area contributed by atoms with Crippen molar-refractivity contribution in [3.05, 3.63) is 10.6 Å². The summed E-state index contributed by atoms with van der Waals surface area (Å²) in [6, 6.07) is 0. The predicted octanol–water partition coefficient (Wildman–Crippen LogP) is 0.217. The van der Waals surface area contributed by atoms with Crippen molar-refractivity contribution >= 4 is 12.2 Å². The third-order valence-corrected chi connectivity index (χ3v) is 1.31. The summed E-state index contributed by atoms with van der Waals surface area (Å²) >= 11 is 4.74. The molecule has 1 heterocycles. The van der Waals surface area contributed by atoms with Crippen LogP contribution < -0.4 is 5.84 Å². The standard InChI is InChI=1S/C4H8N4S/c1-2-3-6-4(9)8(5)7-3/h2,5H2,1H3,(H,6,7,9). The molecule has 3 N–H and O–H groups in total. The first-order valence-corrected chi connectivity index (χ1v) is 3.08. The smallest absolute Gasteiger partial charge is 0.236 e. The minimum absolute atomic E-state index is 0.395. The molecule has 0 aliphatic carbocycles. The lowest BCUT2D eigenvalue weighted by atomic mass is 10.5. The molecule has 0 aromatic carbocycles. The lowest BCUT2D eigenvalue weighted by Gasteiger charge is -1.85. The molecule has 0 aliphatic rings. The highest BCUT2D eigenvalue weighted by atomic mass is 32.1. The fourth-order valence-corrected chi connectivity index (χ4v) is 0.695. The monoisotopic (exact) mass is 144 g/mol. The Balaban J connectivity index is 3.13. The van der Waals surface area contributed by atoms with Gasteiger partial charge in [-0.15, -0.1) is 0 Å². The number of aromatic amines is 1. The molecule has 0 spiro atoms. The summed E-state index contributed by atoms with van der Waals surface area (Å²) in [5.41, 5.74) is 0. The zero-order valence-electron chi connectivity index (χ0n) is 5.09. The minimum Gasteiger partial charge on any atom is -0.322 e. The normalized spacial score (nSPS) is 9.89. The van der Waals surface area contributed by atoms with Gasteiger partial charge in [0.25, 0.3) is 0 Å². The van der Waals surface area contributed by atoms with Gasteiger partial charge in [0.2, 0.25) is 4.77 Å². The zero-order chi connectivity index (χ0) is 6.85. The number of nitrogen functional groups attached to an aromatic ring is 1. The van der Waals surface area contributed by atoms with Gasteiger partial charge in [-0.2, -0.15) is 4.79 Å². The van der Waals surface area contributed by atoms with Crippen LogP contribution >= 0.6 is 12.2 Å². The molecule has 0 bridgehead atoms. The molecule has 50 valence electrons. The molecule has 0 radical (unpaired) electrons. The Labute approximate surface area is 57.7 Å². The molecule has 4 nitrogen and oxygen atoms in total. The molecule has 0 saturated heterocycles. The van der Waals surface area contributed by atoms with E-state index in [0.717, 1.165) is 12.2 Å². The molecule has 5 heteroatoms. The van der Waals surface area contributed by atoms with Crippen LogP contribution in [0.5, 0.6) is 0 Å². The van der Waals surface area contributed by atoms with Crippen LogP contribution in [0.4, 0.5) is 0 Å².